The predicted molar refractivity (Wildman–Crippen MR) is 149 cm³/mol. The highest BCUT2D eigenvalue weighted by atomic mass is 32.1. The van der Waals surface area contributed by atoms with Crippen molar-refractivity contribution in [2.45, 2.75) is 97.6 Å². The summed E-state index contributed by atoms with van der Waals surface area (Å²) < 4.78 is 6.27. The molecule has 7 heteroatoms. The minimum Gasteiger partial charge on any atom is -0.477 e. The second-order valence-corrected chi connectivity index (χ2v) is 13.5. The number of aromatic carboxylic acids is 1. The number of anilines is 1. The molecule has 0 spiro atoms. The third-order valence-electron chi connectivity index (χ3n) is 8.07. The van der Waals surface area contributed by atoms with Gasteiger partial charge in [-0.2, -0.15) is 0 Å². The summed E-state index contributed by atoms with van der Waals surface area (Å²) >= 11 is 1.19. The van der Waals surface area contributed by atoms with Gasteiger partial charge in [-0.3, -0.25) is 4.79 Å². The molecule has 1 unspecified atom stereocenters. The van der Waals surface area contributed by atoms with Crippen LogP contribution in [0, 0.1) is 35.0 Å². The van der Waals surface area contributed by atoms with Gasteiger partial charge in [-0.1, -0.05) is 18.8 Å². The molecule has 37 heavy (non-hydrogen) atoms. The number of carboxylic acids is 1. The van der Waals surface area contributed by atoms with E-state index < -0.39 is 5.97 Å². The number of carbonyl (C=O) groups is 2. The van der Waals surface area contributed by atoms with Gasteiger partial charge in [-0.25, -0.2) is 4.79 Å². The molecule has 0 aromatic carbocycles. The minimum absolute atomic E-state index is 0.00373. The van der Waals surface area contributed by atoms with E-state index in [2.05, 4.69) is 24.1 Å². The highest BCUT2D eigenvalue weighted by molar-refractivity contribution is 7.15. The zero-order valence-electron chi connectivity index (χ0n) is 23.0. The third kappa shape index (κ3) is 7.59. The number of rotatable bonds is 7. The van der Waals surface area contributed by atoms with Crippen LogP contribution in [0.1, 0.15) is 100 Å². The van der Waals surface area contributed by atoms with Crippen molar-refractivity contribution in [1.82, 2.24) is 5.32 Å². The minimum atomic E-state index is -0.985. The SMILES string of the molecule is CC1CCC(C(=O)N(c2cc(C#CC(C)(C)C)sc2C(=O)O)C2CCC(OCC3CCNC3)CC2)CC1. The molecular formula is C30H44N2O4S. The number of ether oxygens (including phenoxy) is 1. The summed E-state index contributed by atoms with van der Waals surface area (Å²) in [5.41, 5.74) is 0.357. The van der Waals surface area contributed by atoms with Crippen molar-refractivity contribution in [2.75, 3.05) is 24.6 Å². The Balaban J connectivity index is 1.56. The first-order chi connectivity index (χ1) is 17.6. The van der Waals surface area contributed by atoms with Crippen molar-refractivity contribution in [2.24, 2.45) is 23.2 Å². The lowest BCUT2D eigenvalue weighted by Gasteiger charge is -2.39. The number of carbonyl (C=O) groups excluding carboxylic acids is 1. The van der Waals surface area contributed by atoms with E-state index in [9.17, 15) is 14.7 Å². The summed E-state index contributed by atoms with van der Waals surface area (Å²) in [4.78, 5) is 29.2. The van der Waals surface area contributed by atoms with Crippen LogP contribution in [-0.4, -0.2) is 48.8 Å². The summed E-state index contributed by atoms with van der Waals surface area (Å²) in [7, 11) is 0. The molecule has 2 N–H and O–H groups in total. The number of nitrogens with zero attached hydrogens (tertiary/aromatic N) is 1. The zero-order chi connectivity index (χ0) is 26.6. The maximum absolute atomic E-state index is 14.1. The van der Waals surface area contributed by atoms with Crippen molar-refractivity contribution in [1.29, 1.82) is 0 Å². The molecule has 1 amide bonds. The lowest BCUT2D eigenvalue weighted by molar-refractivity contribution is -0.124. The molecule has 1 aliphatic heterocycles. The van der Waals surface area contributed by atoms with Crippen LogP contribution in [0.5, 0.6) is 0 Å². The summed E-state index contributed by atoms with van der Waals surface area (Å²) in [6, 6.07) is 1.85. The van der Waals surface area contributed by atoms with Gasteiger partial charge in [0.2, 0.25) is 5.91 Å². The van der Waals surface area contributed by atoms with Gasteiger partial charge < -0.3 is 20.1 Å². The van der Waals surface area contributed by atoms with Crippen LogP contribution in [0.4, 0.5) is 5.69 Å². The fourth-order valence-electron chi connectivity index (χ4n) is 5.82. The van der Waals surface area contributed by atoms with E-state index in [-0.39, 0.29) is 34.3 Å². The lowest BCUT2D eigenvalue weighted by Crippen LogP contribution is -2.47. The van der Waals surface area contributed by atoms with Crippen molar-refractivity contribution in [3.63, 3.8) is 0 Å². The molecule has 1 aromatic rings. The second kappa shape index (κ2) is 12.3. The number of hydrogen-bond donors (Lipinski definition) is 2. The maximum Gasteiger partial charge on any atom is 0.348 e. The van der Waals surface area contributed by atoms with Gasteiger partial charge in [-0.15, -0.1) is 11.3 Å². The van der Waals surface area contributed by atoms with E-state index in [0.29, 0.717) is 22.4 Å². The Morgan fingerprint density at radius 1 is 1.11 bits per heavy atom. The molecule has 204 valence electrons. The summed E-state index contributed by atoms with van der Waals surface area (Å²) in [5.74, 6) is 6.72. The first kappa shape index (κ1) is 28.1. The molecule has 3 aliphatic rings. The average molecular weight is 529 g/mol. The molecule has 6 nitrogen and oxygen atoms in total. The monoisotopic (exact) mass is 528 g/mol. The van der Waals surface area contributed by atoms with Crippen LogP contribution >= 0.6 is 11.3 Å². The Hall–Kier alpha value is -1.88. The normalized spacial score (nSPS) is 28.4. The molecule has 2 saturated carbocycles. The van der Waals surface area contributed by atoms with E-state index >= 15 is 0 Å². The number of carboxylic acid groups (broad SMARTS) is 1. The smallest absolute Gasteiger partial charge is 0.348 e. The van der Waals surface area contributed by atoms with E-state index in [1.165, 1.54) is 17.8 Å². The van der Waals surface area contributed by atoms with E-state index in [1.54, 1.807) is 0 Å². The number of hydrogen-bond acceptors (Lipinski definition) is 5. The fraction of sp³-hybridized carbons (Fsp3) is 0.733. The topological polar surface area (TPSA) is 78.9 Å². The molecule has 1 atom stereocenters. The highest BCUT2D eigenvalue weighted by Crippen LogP contribution is 2.39. The Labute approximate surface area is 226 Å². The van der Waals surface area contributed by atoms with Gasteiger partial charge in [-0.05, 0) is 103 Å². The molecule has 4 rings (SSSR count). The molecule has 1 aromatic heterocycles. The van der Waals surface area contributed by atoms with E-state index in [0.717, 1.165) is 71.1 Å². The van der Waals surface area contributed by atoms with Crippen LogP contribution in [-0.2, 0) is 9.53 Å². The predicted octanol–water partition coefficient (Wildman–Crippen LogP) is 5.94. The van der Waals surface area contributed by atoms with E-state index in [1.807, 2.05) is 31.7 Å². The number of thiophene rings is 1. The van der Waals surface area contributed by atoms with Gasteiger partial charge in [0.05, 0.1) is 23.3 Å². The van der Waals surface area contributed by atoms with Crippen LogP contribution in [0.25, 0.3) is 0 Å². The summed E-state index contributed by atoms with van der Waals surface area (Å²) in [6.45, 7) is 11.3. The molecular weight excluding hydrogens is 484 g/mol. The Morgan fingerprint density at radius 2 is 1.81 bits per heavy atom. The van der Waals surface area contributed by atoms with Gasteiger partial charge in [0, 0.05) is 23.9 Å². The maximum atomic E-state index is 14.1. The first-order valence-corrected chi connectivity index (χ1v) is 15.0. The van der Waals surface area contributed by atoms with E-state index in [4.69, 9.17) is 4.74 Å². The average Bonchev–Trinajstić information content (AvgIpc) is 3.53. The van der Waals surface area contributed by atoms with Crippen LogP contribution in [0.2, 0.25) is 0 Å². The van der Waals surface area contributed by atoms with Gasteiger partial charge >= 0.3 is 5.97 Å². The quantitative estimate of drug-likeness (QED) is 0.428. The molecule has 2 aliphatic carbocycles. The van der Waals surface area contributed by atoms with Crippen LogP contribution < -0.4 is 10.2 Å². The molecule has 1 saturated heterocycles. The standard InChI is InChI=1S/C30H44N2O4S/c1-20-5-7-22(8-6-20)28(33)32(23-9-11-24(12-10-23)36-19-21-14-16-31-18-21)26-17-25(13-15-30(2,3)4)37-27(26)29(34)35/h17,20-24,31H,5-12,14,16,18-19H2,1-4H3,(H,34,35). The van der Waals surface area contributed by atoms with Gasteiger partial charge in [0.1, 0.15) is 4.88 Å². The largest absolute Gasteiger partial charge is 0.477 e. The highest BCUT2D eigenvalue weighted by Gasteiger charge is 2.37. The summed E-state index contributed by atoms with van der Waals surface area (Å²) in [5, 5.41) is 13.5. The van der Waals surface area contributed by atoms with Crippen LogP contribution in [0.3, 0.4) is 0 Å². The van der Waals surface area contributed by atoms with Crippen molar-refractivity contribution in [3.8, 4) is 11.8 Å². The fourth-order valence-corrected chi connectivity index (χ4v) is 6.66. The molecule has 0 bridgehead atoms. The molecule has 3 fully saturated rings. The lowest BCUT2D eigenvalue weighted by atomic mass is 9.81. The Kier molecular flexibility index (Phi) is 9.37. The van der Waals surface area contributed by atoms with Crippen LogP contribution in [0.15, 0.2) is 6.07 Å². The van der Waals surface area contributed by atoms with Crippen molar-refractivity contribution in [3.05, 3.63) is 15.8 Å². The zero-order valence-corrected chi connectivity index (χ0v) is 23.8. The Morgan fingerprint density at radius 3 is 2.41 bits per heavy atom. The number of nitrogens with one attached hydrogen (secondary N) is 1. The molecule has 2 heterocycles. The van der Waals surface area contributed by atoms with Crippen molar-refractivity contribution >= 4 is 28.9 Å². The van der Waals surface area contributed by atoms with Gasteiger partial charge in [0.25, 0.3) is 0 Å². The number of amides is 1. The third-order valence-corrected chi connectivity index (χ3v) is 9.10. The van der Waals surface area contributed by atoms with Gasteiger partial charge in [0.15, 0.2) is 0 Å². The second-order valence-electron chi connectivity index (χ2n) is 12.4. The summed E-state index contributed by atoms with van der Waals surface area (Å²) in [6.07, 6.45) is 8.74. The molecule has 0 radical (unpaired) electrons. The van der Waals surface area contributed by atoms with Crippen molar-refractivity contribution < 1.29 is 19.4 Å². The first-order valence-electron chi connectivity index (χ1n) is 14.2. The Bertz CT molecular complexity index is 995.